The molecule has 2 aliphatic heterocycles. The minimum absolute atomic E-state index is 0.133. The van der Waals surface area contributed by atoms with Crippen LogP contribution in [-0.4, -0.2) is 18.5 Å². The highest BCUT2D eigenvalue weighted by atomic mass is 79.9. The van der Waals surface area contributed by atoms with E-state index in [1.54, 1.807) is 0 Å². The Kier molecular flexibility index (Phi) is 2.39. The summed E-state index contributed by atoms with van der Waals surface area (Å²) in [6.07, 6.45) is 2.93. The predicted octanol–water partition coefficient (Wildman–Crippen LogP) is 2.76. The lowest BCUT2D eigenvalue weighted by atomic mass is 10.1. The fourth-order valence-electron chi connectivity index (χ4n) is 2.64. The van der Waals surface area contributed by atoms with Crippen LogP contribution in [0.25, 0.3) is 0 Å². The molecule has 3 rings (SSSR count). The third-order valence-electron chi connectivity index (χ3n) is 3.34. The van der Waals surface area contributed by atoms with Crippen LogP contribution < -0.4 is 10.2 Å². The molecule has 0 bridgehead atoms. The largest absolute Gasteiger partial charge is 0.366 e. The highest BCUT2D eigenvalue weighted by Gasteiger charge is 2.31. The van der Waals surface area contributed by atoms with E-state index in [-0.39, 0.29) is 5.91 Å². The average Bonchev–Trinajstić information content (AvgIpc) is 2.61. The van der Waals surface area contributed by atoms with Gasteiger partial charge in [0.2, 0.25) is 5.91 Å². The molecule has 1 amide bonds. The number of hydrogen-bond donors (Lipinski definition) is 1. The molecule has 2 heterocycles. The maximum Gasteiger partial charge on any atom is 0.226 e. The standard InChI is InChI=1S/C12H13BrN2O/c13-8-3-4-11-10(6-8)14-12(16)7-9-2-1-5-15(9)11/h3-4,6,9H,1-2,5,7H2,(H,14,16). The van der Waals surface area contributed by atoms with Gasteiger partial charge in [-0.15, -0.1) is 0 Å². The van der Waals surface area contributed by atoms with Crippen LogP contribution in [0.15, 0.2) is 22.7 Å². The average molecular weight is 281 g/mol. The van der Waals surface area contributed by atoms with Crippen molar-refractivity contribution in [1.29, 1.82) is 0 Å². The second-order valence-corrected chi connectivity index (χ2v) is 5.32. The molecule has 1 aromatic rings. The molecule has 1 saturated heterocycles. The number of halogens is 1. The Morgan fingerprint density at radius 1 is 1.44 bits per heavy atom. The van der Waals surface area contributed by atoms with Crippen molar-refractivity contribution in [3.63, 3.8) is 0 Å². The first-order chi connectivity index (χ1) is 7.74. The van der Waals surface area contributed by atoms with Gasteiger partial charge < -0.3 is 10.2 Å². The third kappa shape index (κ3) is 1.61. The quantitative estimate of drug-likeness (QED) is 0.793. The van der Waals surface area contributed by atoms with Crippen LogP contribution in [0.1, 0.15) is 19.3 Å². The molecule has 3 nitrogen and oxygen atoms in total. The summed E-state index contributed by atoms with van der Waals surface area (Å²) >= 11 is 3.44. The summed E-state index contributed by atoms with van der Waals surface area (Å²) in [5, 5.41) is 2.98. The van der Waals surface area contributed by atoms with E-state index in [1.807, 2.05) is 12.1 Å². The van der Waals surface area contributed by atoms with Gasteiger partial charge in [0.15, 0.2) is 0 Å². The van der Waals surface area contributed by atoms with Gasteiger partial charge in [0.25, 0.3) is 0 Å². The molecule has 16 heavy (non-hydrogen) atoms. The minimum Gasteiger partial charge on any atom is -0.366 e. The molecule has 0 aliphatic carbocycles. The first-order valence-electron chi connectivity index (χ1n) is 5.60. The molecule has 1 unspecified atom stereocenters. The van der Waals surface area contributed by atoms with Crippen molar-refractivity contribution in [3.8, 4) is 0 Å². The summed E-state index contributed by atoms with van der Waals surface area (Å²) < 4.78 is 1.00. The number of amides is 1. The van der Waals surface area contributed by atoms with Crippen molar-refractivity contribution >= 4 is 33.2 Å². The van der Waals surface area contributed by atoms with Crippen LogP contribution in [0, 0.1) is 0 Å². The molecule has 0 saturated carbocycles. The molecule has 1 fully saturated rings. The SMILES string of the molecule is O=C1CC2CCCN2c2ccc(Br)cc2N1. The van der Waals surface area contributed by atoms with Gasteiger partial charge in [0.05, 0.1) is 11.4 Å². The molecule has 0 spiro atoms. The van der Waals surface area contributed by atoms with E-state index >= 15 is 0 Å². The number of benzene rings is 1. The van der Waals surface area contributed by atoms with Gasteiger partial charge in [-0.05, 0) is 31.0 Å². The van der Waals surface area contributed by atoms with E-state index in [4.69, 9.17) is 0 Å². The maximum absolute atomic E-state index is 11.7. The Labute approximate surface area is 103 Å². The predicted molar refractivity (Wildman–Crippen MR) is 67.8 cm³/mol. The zero-order chi connectivity index (χ0) is 11.1. The summed E-state index contributed by atoms with van der Waals surface area (Å²) in [5.41, 5.74) is 2.10. The highest BCUT2D eigenvalue weighted by molar-refractivity contribution is 9.10. The van der Waals surface area contributed by atoms with Crippen LogP contribution in [0.4, 0.5) is 11.4 Å². The first kappa shape index (κ1) is 10.1. The van der Waals surface area contributed by atoms with Crippen LogP contribution in [0.2, 0.25) is 0 Å². The topological polar surface area (TPSA) is 32.3 Å². The molecule has 4 heteroatoms. The van der Waals surface area contributed by atoms with E-state index in [9.17, 15) is 4.79 Å². The summed E-state index contributed by atoms with van der Waals surface area (Å²) in [6, 6.07) is 6.49. The number of rotatable bonds is 0. The number of hydrogen-bond acceptors (Lipinski definition) is 2. The van der Waals surface area contributed by atoms with Gasteiger partial charge in [0, 0.05) is 23.5 Å². The smallest absolute Gasteiger partial charge is 0.226 e. The van der Waals surface area contributed by atoms with Crippen LogP contribution >= 0.6 is 15.9 Å². The van der Waals surface area contributed by atoms with Crippen molar-refractivity contribution in [3.05, 3.63) is 22.7 Å². The van der Waals surface area contributed by atoms with Gasteiger partial charge in [-0.3, -0.25) is 4.79 Å². The van der Waals surface area contributed by atoms with Gasteiger partial charge in [-0.2, -0.15) is 0 Å². The number of carbonyl (C=O) groups is 1. The molecule has 1 aromatic carbocycles. The summed E-state index contributed by atoms with van der Waals surface area (Å²) in [4.78, 5) is 14.1. The lowest BCUT2D eigenvalue weighted by Gasteiger charge is -2.24. The van der Waals surface area contributed by atoms with Crippen molar-refractivity contribution in [2.24, 2.45) is 0 Å². The number of nitrogens with one attached hydrogen (secondary N) is 1. The fraction of sp³-hybridized carbons (Fsp3) is 0.417. The molecular weight excluding hydrogens is 268 g/mol. The zero-order valence-corrected chi connectivity index (χ0v) is 10.5. The zero-order valence-electron chi connectivity index (χ0n) is 8.87. The Morgan fingerprint density at radius 2 is 2.31 bits per heavy atom. The highest BCUT2D eigenvalue weighted by Crippen LogP contribution is 2.37. The normalized spacial score (nSPS) is 23.4. The van der Waals surface area contributed by atoms with Crippen LogP contribution in [-0.2, 0) is 4.79 Å². The lowest BCUT2D eigenvalue weighted by molar-refractivity contribution is -0.116. The minimum atomic E-state index is 0.133. The first-order valence-corrected chi connectivity index (χ1v) is 6.39. The van der Waals surface area contributed by atoms with Crippen molar-refractivity contribution < 1.29 is 4.79 Å². The summed E-state index contributed by atoms with van der Waals surface area (Å²) in [7, 11) is 0. The lowest BCUT2D eigenvalue weighted by Crippen LogP contribution is -2.29. The molecule has 84 valence electrons. The van der Waals surface area contributed by atoms with Crippen molar-refractivity contribution in [2.75, 3.05) is 16.8 Å². The molecule has 1 atom stereocenters. The second kappa shape index (κ2) is 3.77. The Hall–Kier alpha value is -1.03. The van der Waals surface area contributed by atoms with Crippen molar-refractivity contribution in [2.45, 2.75) is 25.3 Å². The van der Waals surface area contributed by atoms with Crippen molar-refractivity contribution in [1.82, 2.24) is 0 Å². The number of fused-ring (bicyclic) bond motifs is 3. The molecule has 1 N–H and O–H groups in total. The molecule has 0 radical (unpaired) electrons. The second-order valence-electron chi connectivity index (χ2n) is 4.40. The number of anilines is 2. The molecular formula is C12H13BrN2O. The maximum atomic E-state index is 11.7. The van der Waals surface area contributed by atoms with Crippen LogP contribution in [0.3, 0.4) is 0 Å². The molecule has 2 aliphatic rings. The monoisotopic (exact) mass is 280 g/mol. The number of carbonyl (C=O) groups excluding carboxylic acids is 1. The Morgan fingerprint density at radius 3 is 3.19 bits per heavy atom. The van der Waals surface area contributed by atoms with E-state index in [2.05, 4.69) is 32.2 Å². The summed E-state index contributed by atoms with van der Waals surface area (Å²) in [6.45, 7) is 1.06. The number of nitrogens with zero attached hydrogens (tertiary/aromatic N) is 1. The Balaban J connectivity index is 2.09. The fourth-order valence-corrected chi connectivity index (χ4v) is 3.00. The van der Waals surface area contributed by atoms with E-state index < -0.39 is 0 Å². The third-order valence-corrected chi connectivity index (χ3v) is 3.83. The van der Waals surface area contributed by atoms with E-state index in [1.165, 1.54) is 6.42 Å². The van der Waals surface area contributed by atoms with Crippen LogP contribution in [0.5, 0.6) is 0 Å². The van der Waals surface area contributed by atoms with Gasteiger partial charge in [0.1, 0.15) is 0 Å². The van der Waals surface area contributed by atoms with Gasteiger partial charge >= 0.3 is 0 Å². The van der Waals surface area contributed by atoms with E-state index in [0.29, 0.717) is 12.5 Å². The Bertz CT molecular complexity index is 447. The van der Waals surface area contributed by atoms with Gasteiger partial charge in [-0.25, -0.2) is 0 Å². The summed E-state index contributed by atoms with van der Waals surface area (Å²) in [5.74, 6) is 0.133. The van der Waals surface area contributed by atoms with Gasteiger partial charge in [-0.1, -0.05) is 15.9 Å². The molecule has 0 aromatic heterocycles. The van der Waals surface area contributed by atoms with E-state index in [0.717, 1.165) is 28.8 Å².